The summed E-state index contributed by atoms with van der Waals surface area (Å²) in [7, 11) is 0. The molecule has 4 nitrogen and oxygen atoms in total. The molecule has 2 aromatic rings. The highest BCUT2D eigenvalue weighted by Gasteiger charge is 2.06. The van der Waals surface area contributed by atoms with Crippen LogP contribution < -0.4 is 15.5 Å². The topological polar surface area (TPSA) is 44.4 Å². The molecule has 2 aromatic carbocycles. The number of urea groups is 1. The summed E-state index contributed by atoms with van der Waals surface area (Å²) < 4.78 is 0. The Hall–Kier alpha value is -2.49. The SMILES string of the molecule is CCCN(CCC)c1ccc(NC(=O)Nc2ccccc2)cc1. The van der Waals surface area contributed by atoms with Gasteiger partial charge in [0.1, 0.15) is 0 Å². The van der Waals surface area contributed by atoms with Crippen molar-refractivity contribution in [1.82, 2.24) is 0 Å². The van der Waals surface area contributed by atoms with Gasteiger partial charge in [0.25, 0.3) is 0 Å². The van der Waals surface area contributed by atoms with Crippen LogP contribution in [0.3, 0.4) is 0 Å². The smallest absolute Gasteiger partial charge is 0.323 e. The van der Waals surface area contributed by atoms with Crippen molar-refractivity contribution in [2.24, 2.45) is 0 Å². The fourth-order valence-electron chi connectivity index (χ4n) is 2.48. The first-order chi connectivity index (χ1) is 11.2. The minimum Gasteiger partial charge on any atom is -0.372 e. The van der Waals surface area contributed by atoms with Gasteiger partial charge in [0.05, 0.1) is 0 Å². The highest BCUT2D eigenvalue weighted by molar-refractivity contribution is 5.99. The van der Waals surface area contributed by atoms with Crippen LogP contribution in [0.1, 0.15) is 26.7 Å². The molecular formula is C19H25N3O. The van der Waals surface area contributed by atoms with Crippen molar-refractivity contribution in [3.63, 3.8) is 0 Å². The van der Waals surface area contributed by atoms with Gasteiger partial charge >= 0.3 is 6.03 Å². The van der Waals surface area contributed by atoms with E-state index in [4.69, 9.17) is 0 Å². The highest BCUT2D eigenvalue weighted by Crippen LogP contribution is 2.19. The van der Waals surface area contributed by atoms with Crippen molar-refractivity contribution < 1.29 is 4.79 Å². The second-order valence-corrected chi connectivity index (χ2v) is 5.48. The average Bonchev–Trinajstić information content (AvgIpc) is 2.56. The van der Waals surface area contributed by atoms with E-state index in [0.29, 0.717) is 0 Å². The number of anilines is 3. The largest absolute Gasteiger partial charge is 0.372 e. The van der Waals surface area contributed by atoms with Crippen LogP contribution >= 0.6 is 0 Å². The Balaban J connectivity index is 1.95. The number of carbonyl (C=O) groups excluding carboxylic acids is 1. The van der Waals surface area contributed by atoms with E-state index in [2.05, 4.69) is 41.5 Å². The zero-order valence-corrected chi connectivity index (χ0v) is 13.9. The standard InChI is InChI=1S/C19H25N3O/c1-3-14-22(15-4-2)18-12-10-17(11-13-18)21-19(23)20-16-8-6-5-7-9-16/h5-13H,3-4,14-15H2,1-2H3,(H2,20,21,23). The Labute approximate surface area is 138 Å². The van der Waals surface area contributed by atoms with Crippen molar-refractivity contribution >= 4 is 23.1 Å². The van der Waals surface area contributed by atoms with Crippen molar-refractivity contribution in [2.45, 2.75) is 26.7 Å². The molecule has 0 aromatic heterocycles. The molecule has 0 unspecified atom stereocenters. The first-order valence-electron chi connectivity index (χ1n) is 8.21. The maximum absolute atomic E-state index is 12.0. The van der Waals surface area contributed by atoms with Gasteiger partial charge in [0.2, 0.25) is 0 Å². The van der Waals surface area contributed by atoms with Crippen LogP contribution in [0.2, 0.25) is 0 Å². The molecule has 0 fully saturated rings. The first kappa shape index (κ1) is 16.9. The van der Waals surface area contributed by atoms with Gasteiger partial charge in [-0.1, -0.05) is 32.0 Å². The van der Waals surface area contributed by atoms with E-state index in [0.717, 1.165) is 37.3 Å². The van der Waals surface area contributed by atoms with Gasteiger partial charge in [-0.15, -0.1) is 0 Å². The summed E-state index contributed by atoms with van der Waals surface area (Å²) in [5, 5.41) is 5.66. The van der Waals surface area contributed by atoms with E-state index in [1.807, 2.05) is 42.5 Å². The summed E-state index contributed by atoms with van der Waals surface area (Å²) >= 11 is 0. The maximum Gasteiger partial charge on any atom is 0.323 e. The molecule has 2 N–H and O–H groups in total. The Morgan fingerprint density at radius 2 is 1.35 bits per heavy atom. The maximum atomic E-state index is 12.0. The van der Waals surface area contributed by atoms with Gasteiger partial charge < -0.3 is 15.5 Å². The van der Waals surface area contributed by atoms with E-state index in [1.165, 1.54) is 5.69 Å². The number of para-hydroxylation sites is 1. The lowest BCUT2D eigenvalue weighted by molar-refractivity contribution is 0.262. The molecule has 4 heteroatoms. The van der Waals surface area contributed by atoms with E-state index in [-0.39, 0.29) is 6.03 Å². The van der Waals surface area contributed by atoms with Crippen LogP contribution in [0.25, 0.3) is 0 Å². The molecule has 0 aliphatic carbocycles. The monoisotopic (exact) mass is 311 g/mol. The van der Waals surface area contributed by atoms with E-state index in [9.17, 15) is 4.79 Å². The number of benzene rings is 2. The lowest BCUT2D eigenvalue weighted by Crippen LogP contribution is -2.24. The number of amides is 2. The van der Waals surface area contributed by atoms with E-state index >= 15 is 0 Å². The van der Waals surface area contributed by atoms with E-state index < -0.39 is 0 Å². The third-order valence-corrected chi connectivity index (χ3v) is 3.51. The van der Waals surface area contributed by atoms with Gasteiger partial charge in [-0.05, 0) is 49.2 Å². The number of hydrogen-bond donors (Lipinski definition) is 2. The number of nitrogens with zero attached hydrogens (tertiary/aromatic N) is 1. The predicted molar refractivity (Wildman–Crippen MR) is 98.3 cm³/mol. The molecule has 23 heavy (non-hydrogen) atoms. The molecular weight excluding hydrogens is 286 g/mol. The minimum absolute atomic E-state index is 0.233. The molecule has 0 saturated carbocycles. The van der Waals surface area contributed by atoms with Gasteiger partial charge in [-0.2, -0.15) is 0 Å². The number of hydrogen-bond acceptors (Lipinski definition) is 2. The van der Waals surface area contributed by atoms with Crippen molar-refractivity contribution in [3.05, 3.63) is 54.6 Å². The number of carbonyl (C=O) groups is 1. The van der Waals surface area contributed by atoms with Crippen LogP contribution in [-0.2, 0) is 0 Å². The summed E-state index contributed by atoms with van der Waals surface area (Å²) in [6, 6.07) is 17.2. The minimum atomic E-state index is -0.233. The predicted octanol–water partition coefficient (Wildman–Crippen LogP) is 4.96. The molecule has 122 valence electrons. The molecule has 2 amide bonds. The zero-order valence-electron chi connectivity index (χ0n) is 13.9. The van der Waals surface area contributed by atoms with Crippen molar-refractivity contribution in [3.8, 4) is 0 Å². The van der Waals surface area contributed by atoms with Crippen LogP contribution in [0, 0.1) is 0 Å². The normalized spacial score (nSPS) is 10.2. The molecule has 0 radical (unpaired) electrons. The van der Waals surface area contributed by atoms with Gasteiger partial charge in [0.15, 0.2) is 0 Å². The first-order valence-corrected chi connectivity index (χ1v) is 8.21. The molecule has 0 aliphatic rings. The van der Waals surface area contributed by atoms with Crippen LogP contribution in [-0.4, -0.2) is 19.1 Å². The van der Waals surface area contributed by atoms with Crippen LogP contribution in [0.15, 0.2) is 54.6 Å². The molecule has 0 heterocycles. The molecule has 0 saturated heterocycles. The Bertz CT molecular complexity index is 590. The Morgan fingerprint density at radius 3 is 1.87 bits per heavy atom. The van der Waals surface area contributed by atoms with E-state index in [1.54, 1.807) is 0 Å². The number of nitrogens with one attached hydrogen (secondary N) is 2. The number of rotatable bonds is 7. The summed E-state index contributed by atoms with van der Waals surface area (Å²) in [5.41, 5.74) is 2.76. The lowest BCUT2D eigenvalue weighted by Gasteiger charge is -2.24. The van der Waals surface area contributed by atoms with Crippen LogP contribution in [0.4, 0.5) is 21.9 Å². The fraction of sp³-hybridized carbons (Fsp3) is 0.316. The lowest BCUT2D eigenvalue weighted by atomic mass is 10.2. The third-order valence-electron chi connectivity index (χ3n) is 3.51. The molecule has 0 bridgehead atoms. The molecule has 0 spiro atoms. The second kappa shape index (κ2) is 8.83. The molecule has 2 rings (SSSR count). The van der Waals surface area contributed by atoms with Crippen molar-refractivity contribution in [2.75, 3.05) is 28.6 Å². The fourth-order valence-corrected chi connectivity index (χ4v) is 2.48. The second-order valence-electron chi connectivity index (χ2n) is 5.48. The Kier molecular flexibility index (Phi) is 6.48. The summed E-state index contributed by atoms with van der Waals surface area (Å²) in [4.78, 5) is 14.3. The summed E-state index contributed by atoms with van der Waals surface area (Å²) in [5.74, 6) is 0. The quantitative estimate of drug-likeness (QED) is 0.759. The Morgan fingerprint density at radius 1 is 0.826 bits per heavy atom. The highest BCUT2D eigenvalue weighted by atomic mass is 16.2. The van der Waals surface area contributed by atoms with Gasteiger partial charge in [0, 0.05) is 30.2 Å². The van der Waals surface area contributed by atoms with Crippen LogP contribution in [0.5, 0.6) is 0 Å². The third kappa shape index (κ3) is 5.33. The molecule has 0 aliphatic heterocycles. The van der Waals surface area contributed by atoms with Gasteiger partial charge in [-0.3, -0.25) is 0 Å². The van der Waals surface area contributed by atoms with Crippen molar-refractivity contribution in [1.29, 1.82) is 0 Å². The average molecular weight is 311 g/mol. The molecule has 0 atom stereocenters. The summed E-state index contributed by atoms with van der Waals surface area (Å²) in [6.07, 6.45) is 2.25. The summed E-state index contributed by atoms with van der Waals surface area (Å²) in [6.45, 7) is 6.48. The zero-order chi connectivity index (χ0) is 16.5. The van der Waals surface area contributed by atoms with Gasteiger partial charge in [-0.25, -0.2) is 4.79 Å².